The molecule has 2 rings (SSSR count). The van der Waals surface area contributed by atoms with Crippen LogP contribution >= 0.6 is 0 Å². The number of hydrogen-bond acceptors (Lipinski definition) is 5. The van der Waals surface area contributed by atoms with Crippen molar-refractivity contribution in [2.45, 2.75) is 13.5 Å². The summed E-state index contributed by atoms with van der Waals surface area (Å²) < 4.78 is 17.8. The number of rotatable bonds is 5. The van der Waals surface area contributed by atoms with Gasteiger partial charge in [0.25, 0.3) is 0 Å². The Bertz CT molecular complexity index is 646. The quantitative estimate of drug-likeness (QED) is 0.454. The lowest BCUT2D eigenvalue weighted by Crippen LogP contribution is -2.37. The molecule has 0 aromatic heterocycles. The van der Waals surface area contributed by atoms with Gasteiger partial charge in [0.1, 0.15) is 12.4 Å². The molecule has 116 valence electrons. The van der Waals surface area contributed by atoms with Crippen LogP contribution in [0.25, 0.3) is 0 Å². The van der Waals surface area contributed by atoms with Crippen molar-refractivity contribution in [1.82, 2.24) is 9.80 Å². The number of imide groups is 2. The van der Waals surface area contributed by atoms with E-state index < -0.39 is 36.2 Å². The monoisotopic (exact) mass is 308 g/mol. The predicted molar refractivity (Wildman–Crippen MR) is 70.7 cm³/mol. The van der Waals surface area contributed by atoms with E-state index in [1.165, 1.54) is 18.2 Å². The summed E-state index contributed by atoms with van der Waals surface area (Å²) in [5.74, 6) is -3.47. The molecule has 0 atom stereocenters. The van der Waals surface area contributed by atoms with Gasteiger partial charge < -0.3 is 4.74 Å². The molecule has 0 unspecified atom stereocenters. The van der Waals surface area contributed by atoms with Crippen molar-refractivity contribution in [3.8, 4) is 0 Å². The molecule has 4 amide bonds. The Morgan fingerprint density at radius 3 is 2.50 bits per heavy atom. The van der Waals surface area contributed by atoms with Crippen LogP contribution < -0.4 is 0 Å². The van der Waals surface area contributed by atoms with Crippen LogP contribution in [0, 0.1) is 5.82 Å². The Kier molecular flexibility index (Phi) is 4.50. The fraction of sp³-hybridized carbons (Fsp3) is 0.286. The van der Waals surface area contributed by atoms with Crippen LogP contribution in [0.1, 0.15) is 12.5 Å². The highest BCUT2D eigenvalue weighted by molar-refractivity contribution is 6.44. The Morgan fingerprint density at radius 2 is 1.86 bits per heavy atom. The third-order valence-corrected chi connectivity index (χ3v) is 2.96. The molecule has 0 N–H and O–H groups in total. The number of benzene rings is 1. The molecule has 1 aliphatic heterocycles. The predicted octanol–water partition coefficient (Wildman–Crippen LogP) is 0.680. The fourth-order valence-corrected chi connectivity index (χ4v) is 1.98. The molecule has 0 aliphatic carbocycles. The van der Waals surface area contributed by atoms with Crippen LogP contribution in [0.2, 0.25) is 0 Å². The van der Waals surface area contributed by atoms with Crippen molar-refractivity contribution < 1.29 is 28.3 Å². The number of hydrogen-bond donors (Lipinski definition) is 0. The molecule has 0 bridgehead atoms. The van der Waals surface area contributed by atoms with Gasteiger partial charge in [0.15, 0.2) is 0 Å². The minimum atomic E-state index is -1.10. The molecule has 8 heteroatoms. The van der Waals surface area contributed by atoms with Gasteiger partial charge >= 0.3 is 23.8 Å². The topological polar surface area (TPSA) is 84.0 Å². The van der Waals surface area contributed by atoms with Gasteiger partial charge in [0.05, 0.1) is 13.2 Å². The Hall–Kier alpha value is -2.77. The highest BCUT2D eigenvalue weighted by atomic mass is 19.1. The first kappa shape index (κ1) is 15.6. The maximum absolute atomic E-state index is 13.1. The first-order chi connectivity index (χ1) is 10.4. The van der Waals surface area contributed by atoms with Gasteiger partial charge in [-0.05, 0) is 24.6 Å². The van der Waals surface area contributed by atoms with Gasteiger partial charge in [-0.1, -0.05) is 12.1 Å². The zero-order valence-electron chi connectivity index (χ0n) is 11.7. The van der Waals surface area contributed by atoms with E-state index in [9.17, 15) is 23.6 Å². The number of esters is 1. The average Bonchev–Trinajstić information content (AvgIpc) is 2.65. The van der Waals surface area contributed by atoms with Gasteiger partial charge in [-0.15, -0.1) is 0 Å². The second-order valence-electron chi connectivity index (χ2n) is 4.50. The number of nitrogens with zero attached hydrogens (tertiary/aromatic N) is 2. The first-order valence-corrected chi connectivity index (χ1v) is 6.51. The molecular weight excluding hydrogens is 295 g/mol. The van der Waals surface area contributed by atoms with Crippen molar-refractivity contribution >= 4 is 23.8 Å². The number of carbonyl (C=O) groups is 4. The highest BCUT2D eigenvalue weighted by Gasteiger charge is 2.45. The smallest absolute Gasteiger partial charge is 0.335 e. The summed E-state index contributed by atoms with van der Waals surface area (Å²) in [4.78, 5) is 48.2. The van der Waals surface area contributed by atoms with E-state index in [0.29, 0.717) is 15.4 Å². The van der Waals surface area contributed by atoms with Crippen LogP contribution in [0.3, 0.4) is 0 Å². The summed E-state index contributed by atoms with van der Waals surface area (Å²) in [6.45, 7) is 0.792. The first-order valence-electron chi connectivity index (χ1n) is 6.51. The average molecular weight is 308 g/mol. The zero-order valence-corrected chi connectivity index (χ0v) is 11.7. The molecule has 22 heavy (non-hydrogen) atoms. The molecule has 1 saturated heterocycles. The summed E-state index contributed by atoms with van der Waals surface area (Å²) in [7, 11) is 0. The van der Waals surface area contributed by atoms with Crippen LogP contribution in [0.4, 0.5) is 9.18 Å². The molecule has 1 aliphatic rings. The van der Waals surface area contributed by atoms with E-state index >= 15 is 0 Å². The SMILES string of the molecule is CCOC(=O)CN1C(=O)C(=O)N(Cc2cccc(F)c2)C1=O. The number of amides is 4. The molecule has 1 aromatic carbocycles. The lowest BCUT2D eigenvalue weighted by molar-refractivity contribution is -0.148. The van der Waals surface area contributed by atoms with E-state index in [4.69, 9.17) is 0 Å². The van der Waals surface area contributed by atoms with Crippen LogP contribution in [-0.4, -0.2) is 46.8 Å². The lowest BCUT2D eigenvalue weighted by Gasteiger charge is -2.14. The number of ether oxygens (including phenoxy) is 1. The summed E-state index contributed by atoms with van der Waals surface area (Å²) in [6.07, 6.45) is 0. The van der Waals surface area contributed by atoms with Crippen LogP contribution in [-0.2, 0) is 25.7 Å². The number of halogens is 1. The van der Waals surface area contributed by atoms with Crippen molar-refractivity contribution in [2.75, 3.05) is 13.2 Å². The summed E-state index contributed by atoms with van der Waals surface area (Å²) >= 11 is 0. The van der Waals surface area contributed by atoms with Gasteiger partial charge in [-0.2, -0.15) is 0 Å². The maximum atomic E-state index is 13.1. The van der Waals surface area contributed by atoms with E-state index in [2.05, 4.69) is 4.74 Å². The molecule has 1 fully saturated rings. The maximum Gasteiger partial charge on any atom is 0.335 e. The zero-order chi connectivity index (χ0) is 16.3. The van der Waals surface area contributed by atoms with E-state index in [1.807, 2.05) is 0 Å². The van der Waals surface area contributed by atoms with E-state index in [-0.39, 0.29) is 13.2 Å². The van der Waals surface area contributed by atoms with E-state index in [1.54, 1.807) is 6.92 Å². The van der Waals surface area contributed by atoms with Crippen molar-refractivity contribution in [1.29, 1.82) is 0 Å². The van der Waals surface area contributed by atoms with Gasteiger partial charge in [0, 0.05) is 0 Å². The van der Waals surface area contributed by atoms with Crippen LogP contribution in [0.5, 0.6) is 0 Å². The Balaban J connectivity index is 2.13. The molecule has 0 spiro atoms. The molecule has 0 saturated carbocycles. The molecule has 1 aromatic rings. The third-order valence-electron chi connectivity index (χ3n) is 2.96. The summed E-state index contributed by atoms with van der Waals surface area (Å²) in [5, 5.41) is 0. The third kappa shape index (κ3) is 3.11. The highest BCUT2D eigenvalue weighted by Crippen LogP contribution is 2.16. The van der Waals surface area contributed by atoms with Crippen molar-refractivity contribution in [3.63, 3.8) is 0 Å². The summed E-state index contributed by atoms with van der Waals surface area (Å²) in [5.41, 5.74) is 0.354. The molecular formula is C14H13FN2O5. The minimum absolute atomic E-state index is 0.0933. The van der Waals surface area contributed by atoms with E-state index in [0.717, 1.165) is 6.07 Å². The van der Waals surface area contributed by atoms with Gasteiger partial charge in [0.2, 0.25) is 0 Å². The van der Waals surface area contributed by atoms with Crippen molar-refractivity contribution in [2.24, 2.45) is 0 Å². The largest absolute Gasteiger partial charge is 0.465 e. The fourth-order valence-electron chi connectivity index (χ4n) is 1.98. The lowest BCUT2D eigenvalue weighted by atomic mass is 10.2. The molecule has 0 radical (unpaired) electrons. The Morgan fingerprint density at radius 1 is 1.18 bits per heavy atom. The van der Waals surface area contributed by atoms with Crippen LogP contribution in [0.15, 0.2) is 24.3 Å². The number of urea groups is 1. The molecule has 1 heterocycles. The van der Waals surface area contributed by atoms with Crippen molar-refractivity contribution in [3.05, 3.63) is 35.6 Å². The second kappa shape index (κ2) is 6.33. The van der Waals surface area contributed by atoms with Gasteiger partial charge in [-0.3, -0.25) is 19.3 Å². The number of carbonyl (C=O) groups excluding carboxylic acids is 4. The minimum Gasteiger partial charge on any atom is -0.465 e. The second-order valence-corrected chi connectivity index (χ2v) is 4.50. The standard InChI is InChI=1S/C14H13FN2O5/c1-2-22-11(18)8-17-13(20)12(19)16(14(17)21)7-9-4-3-5-10(15)6-9/h3-6H,2,7-8H2,1H3. The molecule has 7 nitrogen and oxygen atoms in total. The van der Waals surface area contributed by atoms with Gasteiger partial charge in [-0.25, -0.2) is 14.1 Å². The normalized spacial score (nSPS) is 14.7. The summed E-state index contributed by atoms with van der Waals surface area (Å²) in [6, 6.07) is 4.39. The Labute approximate surface area is 125 Å².